The van der Waals surface area contributed by atoms with Gasteiger partial charge in [0.1, 0.15) is 6.29 Å². The Balaban J connectivity index is 0. The first kappa shape index (κ1) is 14.1. The van der Waals surface area contributed by atoms with Crippen molar-refractivity contribution in [3.8, 4) is 0 Å². The predicted octanol–water partition coefficient (Wildman–Crippen LogP) is 3.36. The number of hydrogen-bond donors (Lipinski definition) is 1. The third kappa shape index (κ3) is 8.12. The minimum atomic E-state index is 0. The molecule has 1 heterocycles. The number of nitrogens with one attached hydrogen (secondary N) is 1. The number of aryl methyl sites for hydroxylation is 1. The molecule has 0 atom stereocenters. The number of rotatable bonds is 2. The maximum atomic E-state index is 9.82. The van der Waals surface area contributed by atoms with E-state index in [9.17, 15) is 4.79 Å². The molecule has 1 rings (SSSR count). The van der Waals surface area contributed by atoms with Gasteiger partial charge in [0.25, 0.3) is 0 Å². The van der Waals surface area contributed by atoms with Crippen LogP contribution in [0.1, 0.15) is 34.3 Å². The minimum Gasteiger partial charge on any atom is -0.365 e. The molecule has 0 unspecified atom stereocenters. The highest BCUT2D eigenvalue weighted by Gasteiger charge is 2.06. The van der Waals surface area contributed by atoms with Crippen molar-refractivity contribution >= 4 is 22.8 Å². The topological polar surface area (TPSA) is 42.0 Å². The molecule has 88 valence electrons. The maximum Gasteiger partial charge on any atom is 0.182 e. The number of aromatic nitrogens is 1. The molecule has 0 saturated carbocycles. The van der Waals surface area contributed by atoms with Crippen LogP contribution in [-0.2, 0) is 4.79 Å². The van der Waals surface area contributed by atoms with E-state index < -0.39 is 0 Å². The lowest BCUT2D eigenvalue weighted by molar-refractivity contribution is -0.109. The molecule has 0 aliphatic rings. The quantitative estimate of drug-likeness (QED) is 0.792. The van der Waals surface area contributed by atoms with Crippen LogP contribution in [0.3, 0.4) is 0 Å². The number of nitrogens with zero attached hydrogens (tertiary/aromatic N) is 1. The summed E-state index contributed by atoms with van der Waals surface area (Å²) in [6, 6.07) is 0. The van der Waals surface area contributed by atoms with Crippen LogP contribution in [0.5, 0.6) is 0 Å². The standard InChI is InChI=1S/C6H12O.C5H8N2S.H2/c1-6(2,3)4-5-7;1-4-3-8-5(6-2)7-4;/h5H,4H2,1-3H3;3H,1-2H3,(H,6,7);1H. The molecular formula is C11H22N2OS. The zero-order valence-corrected chi connectivity index (χ0v) is 10.9. The van der Waals surface area contributed by atoms with E-state index in [4.69, 9.17) is 0 Å². The molecule has 0 bridgehead atoms. The summed E-state index contributed by atoms with van der Waals surface area (Å²) >= 11 is 1.63. The van der Waals surface area contributed by atoms with Crippen LogP contribution in [0, 0.1) is 12.3 Å². The first-order chi connectivity index (χ1) is 6.89. The first-order valence-corrected chi connectivity index (χ1v) is 5.80. The van der Waals surface area contributed by atoms with Crippen LogP contribution in [-0.4, -0.2) is 18.3 Å². The van der Waals surface area contributed by atoms with E-state index in [0.29, 0.717) is 6.42 Å². The Hall–Kier alpha value is -0.900. The summed E-state index contributed by atoms with van der Waals surface area (Å²) in [5.74, 6) is 0. The van der Waals surface area contributed by atoms with Gasteiger partial charge in [-0.25, -0.2) is 4.98 Å². The molecule has 0 fully saturated rings. The van der Waals surface area contributed by atoms with Gasteiger partial charge in [0.15, 0.2) is 5.13 Å². The Kier molecular flexibility index (Phi) is 6.17. The number of anilines is 1. The number of carbonyl (C=O) groups excluding carboxylic acids is 1. The van der Waals surface area contributed by atoms with Crippen molar-refractivity contribution in [2.45, 2.75) is 34.1 Å². The highest BCUT2D eigenvalue weighted by molar-refractivity contribution is 7.13. The van der Waals surface area contributed by atoms with E-state index in [0.717, 1.165) is 17.1 Å². The Morgan fingerprint density at radius 3 is 2.33 bits per heavy atom. The molecule has 4 heteroatoms. The van der Waals surface area contributed by atoms with Crippen molar-refractivity contribution in [2.24, 2.45) is 5.41 Å². The smallest absolute Gasteiger partial charge is 0.182 e. The fourth-order valence-corrected chi connectivity index (χ4v) is 1.37. The van der Waals surface area contributed by atoms with Crippen LogP contribution < -0.4 is 5.32 Å². The molecule has 15 heavy (non-hydrogen) atoms. The summed E-state index contributed by atoms with van der Waals surface area (Å²) in [7, 11) is 1.87. The van der Waals surface area contributed by atoms with Crippen molar-refractivity contribution in [1.82, 2.24) is 4.98 Å². The Labute approximate surface area is 97.4 Å². The molecule has 3 nitrogen and oxygen atoms in total. The summed E-state index contributed by atoms with van der Waals surface area (Å²) in [6.45, 7) is 8.11. The number of thiazole rings is 1. The normalized spacial score (nSPS) is 10.2. The van der Waals surface area contributed by atoms with Crippen molar-refractivity contribution in [3.05, 3.63) is 11.1 Å². The SMILES string of the molecule is CC(C)(C)CC=O.CNc1nc(C)cs1.[HH]. The average Bonchev–Trinajstić information content (AvgIpc) is 2.50. The molecule has 0 amide bonds. The Morgan fingerprint density at radius 1 is 1.60 bits per heavy atom. The molecular weight excluding hydrogens is 208 g/mol. The molecule has 1 N–H and O–H groups in total. The molecule has 0 aliphatic carbocycles. The number of hydrogen-bond acceptors (Lipinski definition) is 4. The molecule has 1 aromatic rings. The van der Waals surface area contributed by atoms with Gasteiger partial charge in [0.05, 0.1) is 5.69 Å². The van der Waals surface area contributed by atoms with E-state index in [1.165, 1.54) is 0 Å². The molecule has 0 aliphatic heterocycles. The van der Waals surface area contributed by atoms with Crippen LogP contribution in [0.2, 0.25) is 0 Å². The second kappa shape index (κ2) is 6.56. The molecule has 0 aromatic carbocycles. The molecule has 1 aromatic heterocycles. The van der Waals surface area contributed by atoms with Gasteiger partial charge in [-0.05, 0) is 12.3 Å². The Bertz CT molecular complexity index is 294. The number of aldehydes is 1. The third-order valence-corrected chi connectivity index (χ3v) is 2.51. The summed E-state index contributed by atoms with van der Waals surface area (Å²) in [5.41, 5.74) is 1.27. The van der Waals surface area contributed by atoms with Crippen molar-refractivity contribution in [1.29, 1.82) is 0 Å². The van der Waals surface area contributed by atoms with Crippen LogP contribution in [0.25, 0.3) is 0 Å². The van der Waals surface area contributed by atoms with E-state index in [-0.39, 0.29) is 6.84 Å². The second-order valence-corrected chi connectivity index (χ2v) is 5.33. The third-order valence-electron chi connectivity index (χ3n) is 1.53. The highest BCUT2D eigenvalue weighted by atomic mass is 32.1. The second-order valence-electron chi connectivity index (χ2n) is 4.48. The van der Waals surface area contributed by atoms with Crippen molar-refractivity contribution < 1.29 is 6.22 Å². The van der Waals surface area contributed by atoms with E-state index in [1.807, 2.05) is 40.1 Å². The largest absolute Gasteiger partial charge is 0.365 e. The average molecular weight is 230 g/mol. The predicted molar refractivity (Wildman–Crippen MR) is 68.6 cm³/mol. The van der Waals surface area contributed by atoms with Crippen LogP contribution >= 0.6 is 11.3 Å². The van der Waals surface area contributed by atoms with Gasteiger partial charge in [-0.3, -0.25) is 0 Å². The fourth-order valence-electron chi connectivity index (χ4n) is 0.719. The highest BCUT2D eigenvalue weighted by Crippen LogP contribution is 2.15. The van der Waals surface area contributed by atoms with Gasteiger partial charge in [-0.15, -0.1) is 11.3 Å². The lowest BCUT2D eigenvalue weighted by atomic mass is 9.93. The Morgan fingerprint density at radius 2 is 2.20 bits per heavy atom. The molecule has 0 saturated heterocycles. The van der Waals surface area contributed by atoms with Crippen molar-refractivity contribution in [2.75, 3.05) is 12.4 Å². The van der Waals surface area contributed by atoms with Crippen LogP contribution in [0.4, 0.5) is 5.13 Å². The van der Waals surface area contributed by atoms with Gasteiger partial charge >= 0.3 is 0 Å². The zero-order chi connectivity index (χ0) is 11.9. The van der Waals surface area contributed by atoms with Gasteiger partial charge in [0.2, 0.25) is 0 Å². The lowest BCUT2D eigenvalue weighted by Gasteiger charge is -2.11. The minimum absolute atomic E-state index is 0. The van der Waals surface area contributed by atoms with Gasteiger partial charge in [-0.2, -0.15) is 0 Å². The van der Waals surface area contributed by atoms with Gasteiger partial charge < -0.3 is 10.1 Å². The molecule has 0 radical (unpaired) electrons. The molecule has 0 spiro atoms. The van der Waals surface area contributed by atoms with E-state index in [1.54, 1.807) is 11.3 Å². The van der Waals surface area contributed by atoms with Crippen LogP contribution in [0.15, 0.2) is 5.38 Å². The summed E-state index contributed by atoms with van der Waals surface area (Å²) in [4.78, 5) is 14.0. The van der Waals surface area contributed by atoms with Gasteiger partial charge in [0, 0.05) is 20.3 Å². The van der Waals surface area contributed by atoms with E-state index >= 15 is 0 Å². The van der Waals surface area contributed by atoms with E-state index in [2.05, 4.69) is 10.3 Å². The zero-order valence-electron chi connectivity index (χ0n) is 10.1. The maximum absolute atomic E-state index is 9.82. The first-order valence-electron chi connectivity index (χ1n) is 4.92. The summed E-state index contributed by atoms with van der Waals surface area (Å²) < 4.78 is 0. The monoisotopic (exact) mass is 230 g/mol. The van der Waals surface area contributed by atoms with Gasteiger partial charge in [-0.1, -0.05) is 20.8 Å². The van der Waals surface area contributed by atoms with Crippen molar-refractivity contribution in [3.63, 3.8) is 0 Å². The number of carbonyl (C=O) groups is 1. The lowest BCUT2D eigenvalue weighted by Crippen LogP contribution is -2.04. The summed E-state index contributed by atoms with van der Waals surface area (Å²) in [6.07, 6.45) is 1.62. The fraction of sp³-hybridized carbons (Fsp3) is 0.636. The summed E-state index contributed by atoms with van der Waals surface area (Å²) in [5, 5.41) is 5.96.